The molecule has 16 heavy (non-hydrogen) atoms. The Labute approximate surface area is 98.4 Å². The van der Waals surface area contributed by atoms with E-state index in [0.29, 0.717) is 23.2 Å². The first-order valence-electron chi connectivity index (χ1n) is 5.42. The van der Waals surface area contributed by atoms with Gasteiger partial charge in [-0.15, -0.1) is 0 Å². The Morgan fingerprint density at radius 1 is 1.25 bits per heavy atom. The zero-order chi connectivity index (χ0) is 11.6. The van der Waals surface area contributed by atoms with Crippen molar-refractivity contribution in [1.82, 2.24) is 0 Å². The third-order valence-corrected chi connectivity index (χ3v) is 4.12. The van der Waals surface area contributed by atoms with E-state index in [1.165, 1.54) is 12.0 Å². The van der Waals surface area contributed by atoms with Gasteiger partial charge in [0, 0.05) is 16.9 Å². The summed E-state index contributed by atoms with van der Waals surface area (Å²) in [5.74, 6) is -2.35. The number of alkyl halides is 2. The predicted octanol–water partition coefficient (Wildman–Crippen LogP) is 3.38. The van der Waals surface area contributed by atoms with Crippen molar-refractivity contribution in [2.24, 2.45) is 5.73 Å². The van der Waals surface area contributed by atoms with Crippen molar-refractivity contribution in [2.75, 3.05) is 6.54 Å². The van der Waals surface area contributed by atoms with Crippen molar-refractivity contribution in [3.8, 4) is 0 Å². The molecule has 0 aromatic heterocycles. The Morgan fingerprint density at radius 3 is 2.25 bits per heavy atom. The molecule has 0 spiro atoms. The molecule has 0 atom stereocenters. The van der Waals surface area contributed by atoms with Crippen molar-refractivity contribution in [2.45, 2.75) is 35.3 Å². The lowest BCUT2D eigenvalue weighted by atomic mass is 9.64. The lowest BCUT2D eigenvalue weighted by molar-refractivity contribution is 0.251. The molecule has 1 aromatic carbocycles. The van der Waals surface area contributed by atoms with E-state index in [-0.39, 0.29) is 5.41 Å². The summed E-state index contributed by atoms with van der Waals surface area (Å²) in [6, 6.07) is 7.41. The molecule has 1 aromatic rings. The summed E-state index contributed by atoms with van der Waals surface area (Å²) in [4.78, 5) is 0.616. The third-order valence-electron chi connectivity index (χ3n) is 3.39. The molecule has 2 N–H and O–H groups in total. The number of hydrogen-bond acceptors (Lipinski definition) is 2. The summed E-state index contributed by atoms with van der Waals surface area (Å²) in [7, 11) is 0. The van der Waals surface area contributed by atoms with Gasteiger partial charge >= 0.3 is 0 Å². The van der Waals surface area contributed by atoms with E-state index in [9.17, 15) is 8.78 Å². The van der Waals surface area contributed by atoms with Crippen molar-refractivity contribution in [3.63, 3.8) is 0 Å². The molecule has 1 nitrogen and oxygen atoms in total. The molecule has 1 aliphatic carbocycles. The second-order valence-corrected chi connectivity index (χ2v) is 5.30. The van der Waals surface area contributed by atoms with E-state index in [1.54, 1.807) is 12.1 Å². The van der Waals surface area contributed by atoms with Gasteiger partial charge in [0.2, 0.25) is 0 Å². The summed E-state index contributed by atoms with van der Waals surface area (Å²) in [5.41, 5.74) is 7.11. The highest BCUT2D eigenvalue weighted by molar-refractivity contribution is 7.99. The topological polar surface area (TPSA) is 26.0 Å². The largest absolute Gasteiger partial charge is 0.330 e. The van der Waals surface area contributed by atoms with Crippen LogP contribution in [0.4, 0.5) is 8.78 Å². The summed E-state index contributed by atoms with van der Waals surface area (Å²) in [6.07, 6.45) is 3.44. The third kappa shape index (κ3) is 2.23. The van der Waals surface area contributed by atoms with Crippen LogP contribution in [0, 0.1) is 0 Å². The van der Waals surface area contributed by atoms with Gasteiger partial charge in [0.15, 0.2) is 0 Å². The standard InChI is InChI=1S/C12H15F2NS/c13-11(14)16-10-4-2-9(3-5-10)12(8-15)6-1-7-12/h2-5,11H,1,6-8,15H2. The zero-order valence-electron chi connectivity index (χ0n) is 8.96. The maximum Gasteiger partial charge on any atom is 0.288 e. The molecule has 4 heteroatoms. The molecule has 88 valence electrons. The maximum atomic E-state index is 12.1. The molecular formula is C12H15F2NS. The van der Waals surface area contributed by atoms with Crippen LogP contribution in [0.15, 0.2) is 29.2 Å². The van der Waals surface area contributed by atoms with E-state index in [1.807, 2.05) is 12.1 Å². The van der Waals surface area contributed by atoms with Gasteiger partial charge in [0.1, 0.15) is 0 Å². The molecule has 0 saturated heterocycles. The number of rotatable bonds is 4. The first-order chi connectivity index (χ1) is 7.66. The molecule has 1 saturated carbocycles. The Morgan fingerprint density at radius 2 is 1.88 bits per heavy atom. The van der Waals surface area contributed by atoms with Crippen LogP contribution in [-0.4, -0.2) is 12.3 Å². The number of hydrogen-bond donors (Lipinski definition) is 1. The van der Waals surface area contributed by atoms with Crippen LogP contribution in [-0.2, 0) is 5.41 Å². The van der Waals surface area contributed by atoms with Crippen LogP contribution in [0.25, 0.3) is 0 Å². The minimum atomic E-state index is -2.35. The van der Waals surface area contributed by atoms with Gasteiger partial charge in [-0.25, -0.2) is 0 Å². The molecule has 1 fully saturated rings. The molecule has 0 bridgehead atoms. The van der Waals surface area contributed by atoms with Crippen LogP contribution in [0.1, 0.15) is 24.8 Å². The SMILES string of the molecule is NCC1(c2ccc(SC(F)F)cc2)CCC1. The van der Waals surface area contributed by atoms with E-state index in [0.717, 1.165) is 12.8 Å². The molecule has 0 heterocycles. The number of halogens is 2. The second kappa shape index (κ2) is 4.72. The van der Waals surface area contributed by atoms with Crippen molar-refractivity contribution < 1.29 is 8.78 Å². The molecule has 2 rings (SSSR count). The minimum Gasteiger partial charge on any atom is -0.330 e. The van der Waals surface area contributed by atoms with Crippen LogP contribution in [0.2, 0.25) is 0 Å². The fourth-order valence-electron chi connectivity index (χ4n) is 2.20. The van der Waals surface area contributed by atoms with Gasteiger partial charge in [-0.2, -0.15) is 8.78 Å². The van der Waals surface area contributed by atoms with E-state index in [4.69, 9.17) is 5.73 Å². The fraction of sp³-hybridized carbons (Fsp3) is 0.500. The first kappa shape index (κ1) is 11.9. The molecule has 0 aliphatic heterocycles. The molecule has 0 radical (unpaired) electrons. The Balaban J connectivity index is 2.12. The lowest BCUT2D eigenvalue weighted by Crippen LogP contribution is -2.41. The smallest absolute Gasteiger partial charge is 0.288 e. The monoisotopic (exact) mass is 243 g/mol. The van der Waals surface area contributed by atoms with E-state index >= 15 is 0 Å². The summed E-state index contributed by atoms with van der Waals surface area (Å²) < 4.78 is 24.3. The van der Waals surface area contributed by atoms with Crippen molar-refractivity contribution in [1.29, 1.82) is 0 Å². The van der Waals surface area contributed by atoms with Gasteiger partial charge in [-0.3, -0.25) is 0 Å². The van der Waals surface area contributed by atoms with Crippen LogP contribution < -0.4 is 5.73 Å². The lowest BCUT2D eigenvalue weighted by Gasteiger charge is -2.41. The zero-order valence-corrected chi connectivity index (χ0v) is 9.77. The van der Waals surface area contributed by atoms with Gasteiger partial charge in [-0.05, 0) is 30.5 Å². The summed E-state index contributed by atoms with van der Waals surface area (Å²) >= 11 is 0.586. The quantitative estimate of drug-likeness (QED) is 0.820. The highest BCUT2D eigenvalue weighted by atomic mass is 32.2. The Bertz CT molecular complexity index is 341. The van der Waals surface area contributed by atoms with Gasteiger partial charge in [-0.1, -0.05) is 30.3 Å². The highest BCUT2D eigenvalue weighted by Gasteiger charge is 2.36. The Hall–Kier alpha value is -0.610. The average molecular weight is 243 g/mol. The van der Waals surface area contributed by atoms with Crippen molar-refractivity contribution >= 4 is 11.8 Å². The normalized spacial score (nSPS) is 18.5. The number of benzene rings is 1. The average Bonchev–Trinajstić information content (AvgIpc) is 2.19. The predicted molar refractivity (Wildman–Crippen MR) is 62.9 cm³/mol. The molecule has 0 amide bonds. The van der Waals surface area contributed by atoms with Crippen LogP contribution in [0.3, 0.4) is 0 Å². The summed E-state index contributed by atoms with van der Waals surface area (Å²) in [5, 5.41) is 0. The first-order valence-corrected chi connectivity index (χ1v) is 6.30. The minimum absolute atomic E-state index is 0.119. The van der Waals surface area contributed by atoms with Gasteiger partial charge in [0.25, 0.3) is 5.76 Å². The summed E-state index contributed by atoms with van der Waals surface area (Å²) in [6.45, 7) is 0.647. The molecule has 0 unspecified atom stereocenters. The van der Waals surface area contributed by atoms with Crippen LogP contribution >= 0.6 is 11.8 Å². The van der Waals surface area contributed by atoms with Crippen LogP contribution in [0.5, 0.6) is 0 Å². The van der Waals surface area contributed by atoms with E-state index in [2.05, 4.69) is 0 Å². The van der Waals surface area contributed by atoms with Gasteiger partial charge < -0.3 is 5.73 Å². The number of thioether (sulfide) groups is 1. The fourth-order valence-corrected chi connectivity index (χ4v) is 2.70. The highest BCUT2D eigenvalue weighted by Crippen LogP contribution is 2.43. The molecular weight excluding hydrogens is 228 g/mol. The Kier molecular flexibility index (Phi) is 3.50. The van der Waals surface area contributed by atoms with Gasteiger partial charge in [0.05, 0.1) is 0 Å². The second-order valence-electron chi connectivity index (χ2n) is 4.24. The number of nitrogens with two attached hydrogens (primary N) is 1. The molecule has 1 aliphatic rings. The van der Waals surface area contributed by atoms with Crippen molar-refractivity contribution in [3.05, 3.63) is 29.8 Å². The maximum absolute atomic E-state index is 12.1. The van der Waals surface area contributed by atoms with E-state index < -0.39 is 5.76 Å².